The van der Waals surface area contributed by atoms with Gasteiger partial charge in [-0.2, -0.15) is 0 Å². The monoisotopic (exact) mass is 517 g/mol. The van der Waals surface area contributed by atoms with Crippen molar-refractivity contribution in [3.05, 3.63) is 120 Å². The molecule has 5 nitrogen and oxygen atoms in total. The Morgan fingerprint density at radius 2 is 1.54 bits per heavy atom. The summed E-state index contributed by atoms with van der Waals surface area (Å²) in [7, 11) is 0. The van der Waals surface area contributed by atoms with E-state index >= 15 is 0 Å². The van der Waals surface area contributed by atoms with Crippen molar-refractivity contribution in [3.8, 4) is 16.9 Å². The number of rotatable bonds is 11. The maximum atomic E-state index is 12.7. The minimum atomic E-state index is 0.0127. The van der Waals surface area contributed by atoms with Gasteiger partial charge in [0.1, 0.15) is 18.2 Å². The van der Waals surface area contributed by atoms with Gasteiger partial charge >= 0.3 is 0 Å². The van der Waals surface area contributed by atoms with Crippen molar-refractivity contribution in [2.45, 2.75) is 39.2 Å². The van der Waals surface area contributed by atoms with E-state index in [0.29, 0.717) is 38.5 Å². The average molecular weight is 518 g/mol. The predicted octanol–water partition coefficient (Wildman–Crippen LogP) is 6.81. The van der Waals surface area contributed by atoms with Crippen LogP contribution in [0.25, 0.3) is 22.2 Å². The van der Waals surface area contributed by atoms with Crippen LogP contribution in [0.2, 0.25) is 0 Å². The summed E-state index contributed by atoms with van der Waals surface area (Å²) < 4.78 is 8.41. The van der Waals surface area contributed by atoms with Crippen molar-refractivity contribution in [1.29, 1.82) is 0 Å². The van der Waals surface area contributed by atoms with Gasteiger partial charge < -0.3 is 14.6 Å². The van der Waals surface area contributed by atoms with Crippen LogP contribution in [0.4, 0.5) is 0 Å². The van der Waals surface area contributed by atoms with Crippen LogP contribution in [0.15, 0.2) is 103 Å². The van der Waals surface area contributed by atoms with Gasteiger partial charge in [-0.05, 0) is 46.4 Å². The molecule has 1 amide bonds. The number of nitrogens with one attached hydrogen (secondary N) is 1. The summed E-state index contributed by atoms with van der Waals surface area (Å²) in [5, 5.41) is 3.08. The van der Waals surface area contributed by atoms with E-state index in [1.807, 2.05) is 60.7 Å². The highest BCUT2D eigenvalue weighted by atomic mass is 16.5. The largest absolute Gasteiger partial charge is 0.491 e. The van der Waals surface area contributed by atoms with Gasteiger partial charge in [0.2, 0.25) is 5.91 Å². The zero-order chi connectivity index (χ0) is 27.0. The van der Waals surface area contributed by atoms with Crippen molar-refractivity contribution in [1.82, 2.24) is 14.9 Å². The molecular formula is C34H35N3O2. The molecule has 5 rings (SSSR count). The molecule has 0 aliphatic carbocycles. The van der Waals surface area contributed by atoms with Gasteiger partial charge in [-0.1, -0.05) is 98.8 Å². The highest BCUT2D eigenvalue weighted by molar-refractivity contribution is 5.79. The predicted molar refractivity (Wildman–Crippen MR) is 158 cm³/mol. The van der Waals surface area contributed by atoms with E-state index in [9.17, 15) is 4.79 Å². The lowest BCUT2D eigenvalue weighted by Gasteiger charge is -2.15. The lowest BCUT2D eigenvalue weighted by molar-refractivity contribution is -0.120. The summed E-state index contributed by atoms with van der Waals surface area (Å²) in [6.07, 6.45) is 1.00. The number of carbonyl (C=O) groups excluding carboxylic acids is 1. The topological polar surface area (TPSA) is 56.1 Å². The molecule has 0 fully saturated rings. The van der Waals surface area contributed by atoms with Crippen LogP contribution in [0.3, 0.4) is 0 Å². The Hall–Kier alpha value is -4.38. The summed E-state index contributed by atoms with van der Waals surface area (Å²) in [5.74, 6) is 2.29. The molecule has 0 atom stereocenters. The van der Waals surface area contributed by atoms with E-state index < -0.39 is 0 Å². The van der Waals surface area contributed by atoms with Gasteiger partial charge in [-0.3, -0.25) is 4.79 Å². The van der Waals surface area contributed by atoms with Gasteiger partial charge in [-0.25, -0.2) is 4.98 Å². The first-order valence-corrected chi connectivity index (χ1v) is 13.7. The summed E-state index contributed by atoms with van der Waals surface area (Å²) in [6.45, 7) is 6.11. The van der Waals surface area contributed by atoms with Crippen molar-refractivity contribution >= 4 is 16.9 Å². The SMILES string of the molecule is CC(C)c1ccccc1OCCn1c(CCNC(=O)Cc2ccc(-c3ccccc3)cc2)nc2ccccc21. The highest BCUT2D eigenvalue weighted by Gasteiger charge is 2.13. The quantitative estimate of drug-likeness (QED) is 0.209. The summed E-state index contributed by atoms with van der Waals surface area (Å²) in [4.78, 5) is 17.5. The number of hydrogen-bond donors (Lipinski definition) is 1. The number of fused-ring (bicyclic) bond motifs is 1. The van der Waals surface area contributed by atoms with E-state index in [1.165, 1.54) is 11.1 Å². The van der Waals surface area contributed by atoms with Crippen LogP contribution < -0.4 is 10.1 Å². The minimum absolute atomic E-state index is 0.0127. The maximum Gasteiger partial charge on any atom is 0.224 e. The Morgan fingerprint density at radius 3 is 2.33 bits per heavy atom. The molecule has 1 heterocycles. The van der Waals surface area contributed by atoms with Crippen LogP contribution in [-0.4, -0.2) is 28.6 Å². The number of hydrogen-bond acceptors (Lipinski definition) is 3. The van der Waals surface area contributed by atoms with Crippen molar-refractivity contribution in [2.75, 3.05) is 13.2 Å². The molecule has 0 unspecified atom stereocenters. The summed E-state index contributed by atoms with van der Waals surface area (Å²) in [5.41, 5.74) is 6.57. The fraction of sp³-hybridized carbons (Fsp3) is 0.235. The number of benzene rings is 4. The Balaban J connectivity index is 1.18. The maximum absolute atomic E-state index is 12.7. The van der Waals surface area contributed by atoms with Crippen molar-refractivity contribution < 1.29 is 9.53 Å². The lowest BCUT2D eigenvalue weighted by atomic mass is 10.0. The average Bonchev–Trinajstić information content (AvgIpc) is 3.31. The first-order valence-electron chi connectivity index (χ1n) is 13.7. The smallest absolute Gasteiger partial charge is 0.224 e. The first kappa shape index (κ1) is 26.2. The third-order valence-electron chi connectivity index (χ3n) is 6.94. The molecule has 0 radical (unpaired) electrons. The molecule has 39 heavy (non-hydrogen) atoms. The van der Waals surface area contributed by atoms with E-state index in [4.69, 9.17) is 9.72 Å². The number of nitrogens with zero attached hydrogens (tertiary/aromatic N) is 2. The van der Waals surface area contributed by atoms with E-state index in [1.54, 1.807) is 0 Å². The standard InChI is InChI=1S/C34H35N3O2/c1-25(2)29-12-6-9-15-32(29)39-23-22-37-31-14-8-7-13-30(31)36-33(37)20-21-35-34(38)24-26-16-18-28(19-17-26)27-10-4-3-5-11-27/h3-19,25H,20-24H2,1-2H3,(H,35,38). The summed E-state index contributed by atoms with van der Waals surface area (Å²) >= 11 is 0. The molecule has 1 aromatic heterocycles. The van der Waals surface area contributed by atoms with E-state index in [2.05, 4.69) is 66.2 Å². The van der Waals surface area contributed by atoms with Gasteiger partial charge in [-0.15, -0.1) is 0 Å². The zero-order valence-corrected chi connectivity index (χ0v) is 22.6. The molecular weight excluding hydrogens is 482 g/mol. The molecule has 5 heteroatoms. The zero-order valence-electron chi connectivity index (χ0n) is 22.6. The van der Waals surface area contributed by atoms with Crippen LogP contribution in [0.1, 0.15) is 36.7 Å². The first-order chi connectivity index (χ1) is 19.1. The number of aromatic nitrogens is 2. The normalized spacial score (nSPS) is 11.2. The second kappa shape index (κ2) is 12.4. The molecule has 4 aromatic carbocycles. The molecule has 5 aromatic rings. The Kier molecular flexibility index (Phi) is 8.37. The Morgan fingerprint density at radius 1 is 0.846 bits per heavy atom. The van der Waals surface area contributed by atoms with Crippen molar-refractivity contribution in [3.63, 3.8) is 0 Å². The molecule has 0 spiro atoms. The molecule has 0 bridgehead atoms. The van der Waals surface area contributed by atoms with Gasteiger partial charge in [0.25, 0.3) is 0 Å². The van der Waals surface area contributed by atoms with Crippen molar-refractivity contribution in [2.24, 2.45) is 0 Å². The second-order valence-electron chi connectivity index (χ2n) is 10.0. The lowest BCUT2D eigenvalue weighted by Crippen LogP contribution is -2.28. The number of amides is 1. The van der Waals surface area contributed by atoms with E-state index in [0.717, 1.165) is 33.7 Å². The third kappa shape index (κ3) is 6.55. The number of carbonyl (C=O) groups is 1. The van der Waals surface area contributed by atoms with Crippen LogP contribution >= 0.6 is 0 Å². The fourth-order valence-electron chi connectivity index (χ4n) is 4.91. The molecule has 1 N–H and O–H groups in total. The minimum Gasteiger partial charge on any atom is -0.491 e. The number of imidazole rings is 1. The van der Waals surface area contributed by atoms with Crippen LogP contribution in [-0.2, 0) is 24.2 Å². The number of para-hydroxylation sites is 3. The molecule has 0 aliphatic heterocycles. The molecule has 198 valence electrons. The van der Waals surface area contributed by atoms with Crippen LogP contribution in [0, 0.1) is 0 Å². The third-order valence-corrected chi connectivity index (χ3v) is 6.94. The molecule has 0 saturated heterocycles. The highest BCUT2D eigenvalue weighted by Crippen LogP contribution is 2.26. The van der Waals surface area contributed by atoms with E-state index in [-0.39, 0.29) is 5.91 Å². The van der Waals surface area contributed by atoms with Gasteiger partial charge in [0.05, 0.1) is 24.0 Å². The van der Waals surface area contributed by atoms with Gasteiger partial charge in [0.15, 0.2) is 0 Å². The Labute approximate surface area is 230 Å². The number of ether oxygens (including phenoxy) is 1. The molecule has 0 aliphatic rings. The van der Waals surface area contributed by atoms with Crippen LogP contribution in [0.5, 0.6) is 5.75 Å². The second-order valence-corrected chi connectivity index (χ2v) is 10.0. The summed E-state index contributed by atoms with van der Waals surface area (Å²) in [6, 6.07) is 34.8. The Bertz CT molecular complexity index is 1520. The fourth-order valence-corrected chi connectivity index (χ4v) is 4.91. The van der Waals surface area contributed by atoms with Gasteiger partial charge in [0, 0.05) is 13.0 Å². The molecule has 0 saturated carbocycles.